The lowest BCUT2D eigenvalue weighted by atomic mass is 10.2. The van der Waals surface area contributed by atoms with Gasteiger partial charge in [0.15, 0.2) is 5.82 Å². The van der Waals surface area contributed by atoms with Crippen molar-refractivity contribution in [3.8, 4) is 0 Å². The van der Waals surface area contributed by atoms with Gasteiger partial charge in [0.1, 0.15) is 0 Å². The van der Waals surface area contributed by atoms with Gasteiger partial charge in [-0.05, 0) is 48.9 Å². The summed E-state index contributed by atoms with van der Waals surface area (Å²) in [6.07, 6.45) is 1.57. The van der Waals surface area contributed by atoms with Crippen LogP contribution in [0.25, 0.3) is 0 Å². The van der Waals surface area contributed by atoms with Crippen LogP contribution in [0.15, 0.2) is 54.7 Å². The number of rotatable bonds is 4. The molecule has 1 heterocycles. The van der Waals surface area contributed by atoms with Gasteiger partial charge < -0.3 is 10.6 Å². The standard InChI is InChI=1S/C16H14ClN5/c1-11-3-2-4-14(9-11)20-16-21-15(10-18-22-16)19-13-7-5-12(17)6-8-13/h2-10H,1H3,(H2,19,20,21,22). The van der Waals surface area contributed by atoms with Crippen molar-refractivity contribution in [3.63, 3.8) is 0 Å². The van der Waals surface area contributed by atoms with Crippen molar-refractivity contribution >= 4 is 34.7 Å². The van der Waals surface area contributed by atoms with Crippen LogP contribution in [0, 0.1) is 6.92 Å². The molecule has 6 heteroatoms. The molecule has 0 radical (unpaired) electrons. The topological polar surface area (TPSA) is 62.7 Å². The van der Waals surface area contributed by atoms with E-state index in [0.717, 1.165) is 16.9 Å². The van der Waals surface area contributed by atoms with E-state index in [2.05, 4.69) is 25.8 Å². The largest absolute Gasteiger partial charge is 0.339 e. The summed E-state index contributed by atoms with van der Waals surface area (Å²) in [5, 5.41) is 14.9. The molecule has 2 aromatic carbocycles. The number of benzene rings is 2. The average molecular weight is 312 g/mol. The van der Waals surface area contributed by atoms with Gasteiger partial charge in [-0.1, -0.05) is 23.7 Å². The number of hydrogen-bond donors (Lipinski definition) is 2. The fourth-order valence-electron chi connectivity index (χ4n) is 1.95. The first-order valence-electron chi connectivity index (χ1n) is 6.75. The molecular formula is C16H14ClN5. The number of halogens is 1. The molecule has 0 aliphatic heterocycles. The maximum Gasteiger partial charge on any atom is 0.249 e. The summed E-state index contributed by atoms with van der Waals surface area (Å²) in [4.78, 5) is 4.39. The lowest BCUT2D eigenvalue weighted by Crippen LogP contribution is -2.02. The Labute approximate surface area is 133 Å². The van der Waals surface area contributed by atoms with E-state index < -0.39 is 0 Å². The van der Waals surface area contributed by atoms with Gasteiger partial charge in [-0.15, -0.1) is 5.10 Å². The molecule has 0 aliphatic rings. The summed E-state index contributed by atoms with van der Waals surface area (Å²) in [5.74, 6) is 1.04. The predicted octanol–water partition coefficient (Wildman–Crippen LogP) is 4.32. The smallest absolute Gasteiger partial charge is 0.249 e. The van der Waals surface area contributed by atoms with Gasteiger partial charge >= 0.3 is 0 Å². The predicted molar refractivity (Wildman–Crippen MR) is 89.0 cm³/mol. The second-order valence-corrected chi connectivity index (χ2v) is 5.23. The van der Waals surface area contributed by atoms with E-state index in [1.165, 1.54) is 0 Å². The normalized spacial score (nSPS) is 10.3. The quantitative estimate of drug-likeness (QED) is 0.751. The van der Waals surface area contributed by atoms with Crippen molar-refractivity contribution in [3.05, 3.63) is 65.3 Å². The van der Waals surface area contributed by atoms with Gasteiger partial charge in [0.25, 0.3) is 0 Å². The van der Waals surface area contributed by atoms with Crippen LogP contribution in [0.3, 0.4) is 0 Å². The van der Waals surface area contributed by atoms with Crippen LogP contribution < -0.4 is 10.6 Å². The number of aryl methyl sites for hydroxylation is 1. The molecule has 3 rings (SSSR count). The van der Waals surface area contributed by atoms with Gasteiger partial charge in [-0.3, -0.25) is 0 Å². The van der Waals surface area contributed by atoms with Gasteiger partial charge in [0.2, 0.25) is 5.95 Å². The first-order valence-corrected chi connectivity index (χ1v) is 7.13. The van der Waals surface area contributed by atoms with Crippen LogP contribution in [-0.4, -0.2) is 15.2 Å². The minimum atomic E-state index is 0.435. The first kappa shape index (κ1) is 14.3. The molecule has 0 unspecified atom stereocenters. The molecule has 2 N–H and O–H groups in total. The van der Waals surface area contributed by atoms with E-state index in [-0.39, 0.29) is 0 Å². The van der Waals surface area contributed by atoms with Crippen LogP contribution in [0.2, 0.25) is 5.02 Å². The number of anilines is 4. The van der Waals surface area contributed by atoms with Crippen molar-refractivity contribution in [2.45, 2.75) is 6.92 Å². The fourth-order valence-corrected chi connectivity index (χ4v) is 2.08. The molecule has 0 atom stereocenters. The van der Waals surface area contributed by atoms with Gasteiger partial charge in [0.05, 0.1) is 6.20 Å². The Morgan fingerprint density at radius 2 is 1.77 bits per heavy atom. The molecule has 5 nitrogen and oxygen atoms in total. The van der Waals surface area contributed by atoms with Gasteiger partial charge in [0, 0.05) is 16.4 Å². The highest BCUT2D eigenvalue weighted by atomic mass is 35.5. The van der Waals surface area contributed by atoms with Crippen molar-refractivity contribution < 1.29 is 0 Å². The minimum absolute atomic E-state index is 0.435. The average Bonchev–Trinajstić information content (AvgIpc) is 2.50. The Bertz CT molecular complexity index is 773. The maximum absolute atomic E-state index is 5.87. The Hall–Kier alpha value is -2.66. The van der Waals surface area contributed by atoms with E-state index in [9.17, 15) is 0 Å². The number of aromatic nitrogens is 3. The second-order valence-electron chi connectivity index (χ2n) is 4.79. The molecule has 0 amide bonds. The molecule has 3 aromatic rings. The maximum atomic E-state index is 5.87. The molecule has 0 saturated carbocycles. The summed E-state index contributed by atoms with van der Waals surface area (Å²) in [6, 6.07) is 15.3. The molecule has 22 heavy (non-hydrogen) atoms. The zero-order valence-corrected chi connectivity index (χ0v) is 12.7. The molecule has 0 fully saturated rings. The van der Waals surface area contributed by atoms with E-state index in [1.54, 1.807) is 6.20 Å². The van der Waals surface area contributed by atoms with E-state index in [1.807, 2.05) is 55.5 Å². The summed E-state index contributed by atoms with van der Waals surface area (Å²) in [6.45, 7) is 2.03. The molecule has 0 aliphatic carbocycles. The lowest BCUT2D eigenvalue weighted by molar-refractivity contribution is 0.982. The molecule has 0 saturated heterocycles. The van der Waals surface area contributed by atoms with Gasteiger partial charge in [-0.25, -0.2) is 0 Å². The fraction of sp³-hybridized carbons (Fsp3) is 0.0625. The van der Waals surface area contributed by atoms with Crippen LogP contribution in [0.5, 0.6) is 0 Å². The summed E-state index contributed by atoms with van der Waals surface area (Å²) < 4.78 is 0. The van der Waals surface area contributed by atoms with Crippen LogP contribution in [0.1, 0.15) is 5.56 Å². The Kier molecular flexibility index (Phi) is 4.16. The highest BCUT2D eigenvalue weighted by molar-refractivity contribution is 6.30. The Morgan fingerprint density at radius 3 is 2.55 bits per heavy atom. The molecule has 0 bridgehead atoms. The second kappa shape index (κ2) is 6.41. The van der Waals surface area contributed by atoms with E-state index in [4.69, 9.17) is 11.6 Å². The zero-order chi connectivity index (χ0) is 15.4. The van der Waals surface area contributed by atoms with Crippen LogP contribution in [-0.2, 0) is 0 Å². The molecular weight excluding hydrogens is 298 g/mol. The van der Waals surface area contributed by atoms with Crippen molar-refractivity contribution in [2.75, 3.05) is 10.6 Å². The monoisotopic (exact) mass is 311 g/mol. The van der Waals surface area contributed by atoms with Crippen molar-refractivity contribution in [2.24, 2.45) is 0 Å². The SMILES string of the molecule is Cc1cccc(Nc2nncc(Nc3ccc(Cl)cc3)n2)c1. The number of nitrogens with one attached hydrogen (secondary N) is 2. The Balaban J connectivity index is 1.76. The van der Waals surface area contributed by atoms with Crippen LogP contribution in [0.4, 0.5) is 23.1 Å². The van der Waals surface area contributed by atoms with Crippen molar-refractivity contribution in [1.29, 1.82) is 0 Å². The van der Waals surface area contributed by atoms with E-state index >= 15 is 0 Å². The third-order valence-electron chi connectivity index (χ3n) is 2.95. The third-order valence-corrected chi connectivity index (χ3v) is 3.20. The van der Waals surface area contributed by atoms with Gasteiger partial charge in [-0.2, -0.15) is 10.1 Å². The molecule has 110 valence electrons. The summed E-state index contributed by atoms with van der Waals surface area (Å²) >= 11 is 5.87. The molecule has 0 spiro atoms. The highest BCUT2D eigenvalue weighted by Crippen LogP contribution is 2.19. The summed E-state index contributed by atoms with van der Waals surface area (Å²) in [7, 11) is 0. The van der Waals surface area contributed by atoms with E-state index in [0.29, 0.717) is 16.8 Å². The zero-order valence-electron chi connectivity index (χ0n) is 11.9. The lowest BCUT2D eigenvalue weighted by Gasteiger charge is -2.08. The minimum Gasteiger partial charge on any atom is -0.339 e. The highest BCUT2D eigenvalue weighted by Gasteiger charge is 2.02. The number of hydrogen-bond acceptors (Lipinski definition) is 5. The number of nitrogens with zero attached hydrogens (tertiary/aromatic N) is 3. The third kappa shape index (κ3) is 3.71. The summed E-state index contributed by atoms with van der Waals surface area (Å²) in [5.41, 5.74) is 2.96. The Morgan fingerprint density at radius 1 is 0.955 bits per heavy atom. The van der Waals surface area contributed by atoms with Crippen molar-refractivity contribution in [1.82, 2.24) is 15.2 Å². The van der Waals surface area contributed by atoms with Crippen LogP contribution >= 0.6 is 11.6 Å². The molecule has 1 aromatic heterocycles. The first-order chi connectivity index (χ1) is 10.7.